The van der Waals surface area contributed by atoms with Crippen LogP contribution in [0.4, 0.5) is 10.1 Å². The van der Waals surface area contributed by atoms with Crippen molar-refractivity contribution in [3.8, 4) is 22.6 Å². The van der Waals surface area contributed by atoms with Gasteiger partial charge < -0.3 is 20.3 Å². The van der Waals surface area contributed by atoms with E-state index in [0.29, 0.717) is 34.0 Å². The van der Waals surface area contributed by atoms with Gasteiger partial charge in [0.1, 0.15) is 10.7 Å². The Labute approximate surface area is 175 Å². The largest absolute Gasteiger partial charge is 0.504 e. The minimum Gasteiger partial charge on any atom is -0.504 e. The van der Waals surface area contributed by atoms with Crippen molar-refractivity contribution in [3.05, 3.63) is 63.6 Å². The Kier molecular flexibility index (Phi) is 5.17. The number of aromatic hydroxyl groups is 1. The number of carbonyl (C=O) groups excluding carboxylic acids is 1. The molecule has 1 amide bonds. The first-order chi connectivity index (χ1) is 14.4. The van der Waals surface area contributed by atoms with Crippen LogP contribution in [0.15, 0.2) is 42.5 Å². The summed E-state index contributed by atoms with van der Waals surface area (Å²) in [6, 6.07) is 10.5. The van der Waals surface area contributed by atoms with E-state index < -0.39 is 17.7 Å². The summed E-state index contributed by atoms with van der Waals surface area (Å²) in [5, 5.41) is 22.5. The standard InChI is InChI=1S/C22H18FNO5S/c1-2-29-16-9-11(6-7-15(16)25)14-10-17(26)24-19-18(12-4-3-5-13(23)8-12)21(22(27)28)30-20(14)19/h3-9,14,25H,2,10H2,1H3,(H,24,26)(H,27,28)/t14-/m1/s1. The summed E-state index contributed by atoms with van der Waals surface area (Å²) in [5.41, 5.74) is 1.78. The molecule has 154 valence electrons. The van der Waals surface area contributed by atoms with Crippen molar-refractivity contribution in [1.82, 2.24) is 0 Å². The average Bonchev–Trinajstić information content (AvgIpc) is 3.09. The quantitative estimate of drug-likeness (QED) is 0.542. The van der Waals surface area contributed by atoms with Crippen LogP contribution >= 0.6 is 11.3 Å². The molecule has 1 aromatic heterocycles. The molecule has 2 heterocycles. The maximum Gasteiger partial charge on any atom is 0.346 e. The lowest BCUT2D eigenvalue weighted by Gasteiger charge is -2.24. The van der Waals surface area contributed by atoms with Crippen LogP contribution in [0.5, 0.6) is 11.5 Å². The number of carboxylic acid groups (broad SMARTS) is 1. The van der Waals surface area contributed by atoms with Gasteiger partial charge in [-0.25, -0.2) is 9.18 Å². The lowest BCUT2D eigenvalue weighted by Crippen LogP contribution is -2.22. The third-order valence-corrected chi connectivity index (χ3v) is 6.19. The number of benzene rings is 2. The number of amides is 1. The highest BCUT2D eigenvalue weighted by molar-refractivity contribution is 7.15. The molecule has 0 saturated heterocycles. The van der Waals surface area contributed by atoms with Gasteiger partial charge in [-0.05, 0) is 42.3 Å². The fourth-order valence-electron chi connectivity index (χ4n) is 3.64. The van der Waals surface area contributed by atoms with E-state index in [0.717, 1.165) is 16.9 Å². The number of phenolic OH excluding ortho intramolecular Hbond substituents is 1. The minimum atomic E-state index is -1.15. The highest BCUT2D eigenvalue weighted by Gasteiger charge is 2.34. The van der Waals surface area contributed by atoms with Gasteiger partial charge in [0.15, 0.2) is 11.5 Å². The number of fused-ring (bicyclic) bond motifs is 1. The van der Waals surface area contributed by atoms with Crippen LogP contribution in [0, 0.1) is 5.82 Å². The zero-order chi connectivity index (χ0) is 21.4. The van der Waals surface area contributed by atoms with Gasteiger partial charge in [0.05, 0.1) is 12.3 Å². The monoisotopic (exact) mass is 427 g/mol. The maximum absolute atomic E-state index is 13.8. The molecule has 4 rings (SSSR count). The molecule has 2 aromatic carbocycles. The normalized spacial score (nSPS) is 15.4. The zero-order valence-corrected chi connectivity index (χ0v) is 16.8. The highest BCUT2D eigenvalue weighted by Crippen LogP contribution is 2.50. The summed E-state index contributed by atoms with van der Waals surface area (Å²) in [5.74, 6) is -2.06. The molecule has 0 saturated carbocycles. The predicted molar refractivity (Wildman–Crippen MR) is 111 cm³/mol. The minimum absolute atomic E-state index is 0.0149. The third kappa shape index (κ3) is 3.50. The molecule has 0 aliphatic carbocycles. The zero-order valence-electron chi connectivity index (χ0n) is 15.9. The van der Waals surface area contributed by atoms with Gasteiger partial charge in [0.25, 0.3) is 0 Å². The van der Waals surface area contributed by atoms with Crippen LogP contribution < -0.4 is 10.1 Å². The number of ether oxygens (including phenoxy) is 1. The summed E-state index contributed by atoms with van der Waals surface area (Å²) in [6.07, 6.45) is 0.117. The number of anilines is 1. The summed E-state index contributed by atoms with van der Waals surface area (Å²) >= 11 is 1.06. The number of rotatable bonds is 5. The van der Waals surface area contributed by atoms with Crippen LogP contribution in [-0.4, -0.2) is 28.7 Å². The van der Waals surface area contributed by atoms with Crippen molar-refractivity contribution in [2.75, 3.05) is 11.9 Å². The molecule has 0 bridgehead atoms. The van der Waals surface area contributed by atoms with E-state index in [1.54, 1.807) is 25.1 Å². The molecule has 1 atom stereocenters. The Balaban J connectivity index is 1.90. The first-order valence-corrected chi connectivity index (χ1v) is 10.1. The third-order valence-electron chi connectivity index (χ3n) is 4.90. The molecule has 30 heavy (non-hydrogen) atoms. The van der Waals surface area contributed by atoms with Crippen molar-refractivity contribution in [2.45, 2.75) is 19.3 Å². The lowest BCUT2D eigenvalue weighted by atomic mass is 9.88. The second-order valence-electron chi connectivity index (χ2n) is 6.83. The molecule has 1 aliphatic heterocycles. The Morgan fingerprint density at radius 2 is 2.10 bits per heavy atom. The predicted octanol–water partition coefficient (Wildman–Crippen LogP) is 4.83. The molecular formula is C22H18FNO5S. The van der Waals surface area contributed by atoms with Gasteiger partial charge in [-0.3, -0.25) is 4.79 Å². The lowest BCUT2D eigenvalue weighted by molar-refractivity contribution is -0.116. The van der Waals surface area contributed by atoms with Crippen molar-refractivity contribution in [3.63, 3.8) is 0 Å². The number of aromatic carboxylic acids is 1. The number of phenols is 1. The van der Waals surface area contributed by atoms with Gasteiger partial charge in [0, 0.05) is 22.8 Å². The van der Waals surface area contributed by atoms with Crippen LogP contribution in [0.1, 0.15) is 39.4 Å². The van der Waals surface area contributed by atoms with E-state index in [9.17, 15) is 24.2 Å². The van der Waals surface area contributed by atoms with Crippen molar-refractivity contribution in [1.29, 1.82) is 0 Å². The van der Waals surface area contributed by atoms with E-state index in [-0.39, 0.29) is 23.0 Å². The van der Waals surface area contributed by atoms with E-state index >= 15 is 0 Å². The number of carboxylic acids is 1. The maximum atomic E-state index is 13.8. The van der Waals surface area contributed by atoms with E-state index in [1.165, 1.54) is 24.3 Å². The molecule has 0 spiro atoms. The number of hydrogen-bond acceptors (Lipinski definition) is 5. The topological polar surface area (TPSA) is 95.9 Å². The number of thiophene rings is 1. The van der Waals surface area contributed by atoms with Gasteiger partial charge in [-0.2, -0.15) is 0 Å². The number of carbonyl (C=O) groups is 2. The van der Waals surface area contributed by atoms with Crippen molar-refractivity contribution < 1.29 is 28.9 Å². The van der Waals surface area contributed by atoms with E-state index in [2.05, 4.69) is 5.32 Å². The Hall–Kier alpha value is -3.39. The van der Waals surface area contributed by atoms with Crippen LogP contribution in [0.25, 0.3) is 11.1 Å². The first kappa shape index (κ1) is 19.9. The summed E-state index contributed by atoms with van der Waals surface area (Å²) in [7, 11) is 0. The van der Waals surface area contributed by atoms with Crippen LogP contribution in [0.3, 0.4) is 0 Å². The second-order valence-corrected chi connectivity index (χ2v) is 7.88. The van der Waals surface area contributed by atoms with Gasteiger partial charge >= 0.3 is 5.97 Å². The molecule has 6 nitrogen and oxygen atoms in total. The van der Waals surface area contributed by atoms with Crippen molar-refractivity contribution >= 4 is 28.9 Å². The molecule has 0 radical (unpaired) electrons. The highest BCUT2D eigenvalue weighted by atomic mass is 32.1. The Morgan fingerprint density at radius 1 is 1.30 bits per heavy atom. The summed E-state index contributed by atoms with van der Waals surface area (Å²) in [6.45, 7) is 2.15. The fraction of sp³-hybridized carbons (Fsp3) is 0.182. The smallest absolute Gasteiger partial charge is 0.346 e. The number of hydrogen-bond donors (Lipinski definition) is 3. The molecule has 0 unspecified atom stereocenters. The molecular weight excluding hydrogens is 409 g/mol. The van der Waals surface area contributed by atoms with E-state index in [1.807, 2.05) is 0 Å². The number of halogens is 1. The molecule has 3 N–H and O–H groups in total. The Morgan fingerprint density at radius 3 is 2.80 bits per heavy atom. The first-order valence-electron chi connectivity index (χ1n) is 9.30. The molecule has 8 heteroatoms. The molecule has 3 aromatic rings. The fourth-order valence-corrected chi connectivity index (χ4v) is 4.89. The van der Waals surface area contributed by atoms with Gasteiger partial charge in [-0.1, -0.05) is 18.2 Å². The van der Waals surface area contributed by atoms with Gasteiger partial charge in [0.2, 0.25) is 5.91 Å². The SMILES string of the molecule is CCOc1cc([C@H]2CC(=O)Nc3c2sc(C(=O)O)c3-c2cccc(F)c2)ccc1O. The molecule has 0 fully saturated rings. The van der Waals surface area contributed by atoms with Crippen LogP contribution in [0.2, 0.25) is 0 Å². The summed E-state index contributed by atoms with van der Waals surface area (Å²) in [4.78, 5) is 25.2. The number of nitrogens with one attached hydrogen (secondary N) is 1. The van der Waals surface area contributed by atoms with E-state index in [4.69, 9.17) is 4.74 Å². The van der Waals surface area contributed by atoms with Crippen LogP contribution in [-0.2, 0) is 4.79 Å². The van der Waals surface area contributed by atoms with Gasteiger partial charge in [-0.15, -0.1) is 11.3 Å². The summed E-state index contributed by atoms with van der Waals surface area (Å²) < 4.78 is 19.3. The molecule has 1 aliphatic rings. The van der Waals surface area contributed by atoms with Crippen molar-refractivity contribution in [2.24, 2.45) is 0 Å². The Bertz CT molecular complexity index is 1160. The second kappa shape index (κ2) is 7.79. The average molecular weight is 427 g/mol.